The van der Waals surface area contributed by atoms with Gasteiger partial charge >= 0.3 is 12.1 Å². The summed E-state index contributed by atoms with van der Waals surface area (Å²) in [6, 6.07) is 0. The zero-order valence-electron chi connectivity index (χ0n) is 7.03. The molecule has 0 radical (unpaired) electrons. The second-order valence-corrected chi connectivity index (χ2v) is 2.72. The van der Waals surface area contributed by atoms with Crippen LogP contribution in [0.4, 0.5) is 13.2 Å². The summed E-state index contributed by atoms with van der Waals surface area (Å²) in [7, 11) is 0. The normalized spacial score (nSPS) is 14.1. The van der Waals surface area contributed by atoms with Crippen LogP contribution >= 0.6 is 0 Å². The number of amides is 1. The van der Waals surface area contributed by atoms with Crippen molar-refractivity contribution in [3.63, 3.8) is 0 Å². The molecule has 0 heterocycles. The predicted molar refractivity (Wildman–Crippen MR) is 38.5 cm³/mol. The third-order valence-electron chi connectivity index (χ3n) is 1.57. The van der Waals surface area contributed by atoms with E-state index in [2.05, 4.69) is 0 Å². The molecule has 1 atom stereocenters. The molecule has 0 fully saturated rings. The van der Waals surface area contributed by atoms with Crippen LogP contribution in [0.25, 0.3) is 0 Å². The van der Waals surface area contributed by atoms with E-state index < -0.39 is 12.1 Å². The quantitative estimate of drug-likeness (QED) is 0.709. The first-order valence-electron chi connectivity index (χ1n) is 3.73. The molecule has 0 rings (SSSR count). The molecule has 1 N–H and O–H groups in total. The van der Waals surface area contributed by atoms with E-state index >= 15 is 0 Å². The van der Waals surface area contributed by atoms with E-state index in [1.807, 2.05) is 12.2 Å². The molecule has 0 aromatic rings. The lowest BCUT2D eigenvalue weighted by Crippen LogP contribution is -2.38. The zero-order chi connectivity index (χ0) is 9.78. The van der Waals surface area contributed by atoms with Gasteiger partial charge in [0.15, 0.2) is 0 Å². The summed E-state index contributed by atoms with van der Waals surface area (Å²) in [6.45, 7) is 3.70. The van der Waals surface area contributed by atoms with Crippen LogP contribution in [0.2, 0.25) is 0 Å². The van der Waals surface area contributed by atoms with Gasteiger partial charge in [0.25, 0.3) is 0 Å². The van der Waals surface area contributed by atoms with Crippen molar-refractivity contribution in [3.8, 4) is 0 Å². The van der Waals surface area contributed by atoms with Crippen LogP contribution in [0, 0.1) is 5.92 Å². The lowest BCUT2D eigenvalue weighted by molar-refractivity contribution is -0.173. The molecule has 0 aliphatic rings. The summed E-state index contributed by atoms with van der Waals surface area (Å²) < 4.78 is 34.8. The molecule has 0 aliphatic heterocycles. The summed E-state index contributed by atoms with van der Waals surface area (Å²) in [5.74, 6) is -1.78. The SMILES string of the molecule is CC[C@H](C)CNC(=O)C(F)(F)F. The van der Waals surface area contributed by atoms with Crippen LogP contribution in [-0.4, -0.2) is 18.6 Å². The van der Waals surface area contributed by atoms with Gasteiger partial charge < -0.3 is 5.32 Å². The monoisotopic (exact) mass is 183 g/mol. The maximum atomic E-state index is 11.6. The smallest absolute Gasteiger partial charge is 0.348 e. The van der Waals surface area contributed by atoms with E-state index in [0.29, 0.717) is 0 Å². The predicted octanol–water partition coefficient (Wildman–Crippen LogP) is 1.71. The minimum absolute atomic E-state index is 0.0782. The van der Waals surface area contributed by atoms with Crippen molar-refractivity contribution < 1.29 is 18.0 Å². The van der Waals surface area contributed by atoms with Gasteiger partial charge in [0.1, 0.15) is 0 Å². The molecule has 72 valence electrons. The Kier molecular flexibility index (Phi) is 4.06. The maximum absolute atomic E-state index is 11.6. The molecule has 0 saturated heterocycles. The number of hydrogen-bond donors (Lipinski definition) is 1. The Morgan fingerprint density at radius 2 is 2.00 bits per heavy atom. The summed E-state index contributed by atoms with van der Waals surface area (Å²) in [5.41, 5.74) is 0. The van der Waals surface area contributed by atoms with Crippen LogP contribution in [-0.2, 0) is 4.79 Å². The Morgan fingerprint density at radius 1 is 1.50 bits per heavy atom. The van der Waals surface area contributed by atoms with Crippen LogP contribution in [0.3, 0.4) is 0 Å². The van der Waals surface area contributed by atoms with Crippen molar-refractivity contribution in [1.82, 2.24) is 5.32 Å². The molecule has 0 aromatic heterocycles. The number of rotatable bonds is 3. The van der Waals surface area contributed by atoms with E-state index in [4.69, 9.17) is 0 Å². The second-order valence-electron chi connectivity index (χ2n) is 2.72. The van der Waals surface area contributed by atoms with Crippen LogP contribution in [0.5, 0.6) is 0 Å². The molecule has 5 heteroatoms. The van der Waals surface area contributed by atoms with Crippen molar-refractivity contribution in [1.29, 1.82) is 0 Å². The van der Waals surface area contributed by atoms with E-state index in [-0.39, 0.29) is 12.5 Å². The second kappa shape index (κ2) is 4.33. The van der Waals surface area contributed by atoms with Gasteiger partial charge in [-0.2, -0.15) is 13.2 Å². The number of carbonyl (C=O) groups is 1. The largest absolute Gasteiger partial charge is 0.471 e. The molecular formula is C7H12F3NO. The van der Waals surface area contributed by atoms with Gasteiger partial charge in [-0.15, -0.1) is 0 Å². The maximum Gasteiger partial charge on any atom is 0.471 e. The molecule has 0 unspecified atom stereocenters. The molecule has 0 bridgehead atoms. The average molecular weight is 183 g/mol. The Morgan fingerprint density at radius 3 is 2.33 bits per heavy atom. The van der Waals surface area contributed by atoms with Crippen molar-refractivity contribution in [2.45, 2.75) is 26.4 Å². The zero-order valence-corrected chi connectivity index (χ0v) is 7.03. The lowest BCUT2D eigenvalue weighted by Gasteiger charge is -2.11. The number of nitrogens with one attached hydrogen (secondary N) is 1. The summed E-state index contributed by atoms with van der Waals surface area (Å²) in [5, 5.41) is 1.81. The Balaban J connectivity index is 3.73. The number of halogens is 3. The van der Waals surface area contributed by atoms with E-state index in [0.717, 1.165) is 6.42 Å². The van der Waals surface area contributed by atoms with Gasteiger partial charge in [0.05, 0.1) is 0 Å². The molecule has 0 saturated carbocycles. The van der Waals surface area contributed by atoms with Crippen molar-refractivity contribution >= 4 is 5.91 Å². The minimum Gasteiger partial charge on any atom is -0.348 e. The number of hydrogen-bond acceptors (Lipinski definition) is 1. The van der Waals surface area contributed by atoms with Crippen LogP contribution in [0.15, 0.2) is 0 Å². The van der Waals surface area contributed by atoms with E-state index in [1.54, 1.807) is 6.92 Å². The number of carbonyl (C=O) groups excluding carboxylic acids is 1. The molecule has 0 aliphatic carbocycles. The molecule has 1 amide bonds. The highest BCUT2D eigenvalue weighted by Crippen LogP contribution is 2.14. The fraction of sp³-hybridized carbons (Fsp3) is 0.857. The summed E-state index contributed by atoms with van der Waals surface area (Å²) in [6.07, 6.45) is -4.01. The van der Waals surface area contributed by atoms with Gasteiger partial charge in [-0.25, -0.2) is 0 Å². The van der Waals surface area contributed by atoms with Gasteiger partial charge in [-0.05, 0) is 5.92 Å². The van der Waals surface area contributed by atoms with Crippen LogP contribution in [0.1, 0.15) is 20.3 Å². The highest BCUT2D eigenvalue weighted by Gasteiger charge is 2.38. The van der Waals surface area contributed by atoms with Crippen molar-refractivity contribution in [2.75, 3.05) is 6.54 Å². The molecule has 12 heavy (non-hydrogen) atoms. The fourth-order valence-corrected chi connectivity index (χ4v) is 0.511. The Bertz CT molecular complexity index is 155. The average Bonchev–Trinajstić information content (AvgIpc) is 1.97. The highest BCUT2D eigenvalue weighted by atomic mass is 19.4. The van der Waals surface area contributed by atoms with Gasteiger partial charge in [0.2, 0.25) is 0 Å². The first-order valence-corrected chi connectivity index (χ1v) is 3.73. The van der Waals surface area contributed by atoms with E-state index in [9.17, 15) is 18.0 Å². The van der Waals surface area contributed by atoms with Gasteiger partial charge in [-0.1, -0.05) is 20.3 Å². The summed E-state index contributed by atoms with van der Waals surface area (Å²) >= 11 is 0. The lowest BCUT2D eigenvalue weighted by atomic mass is 10.1. The fourth-order valence-electron chi connectivity index (χ4n) is 0.511. The highest BCUT2D eigenvalue weighted by molar-refractivity contribution is 5.81. The molecule has 0 spiro atoms. The molecular weight excluding hydrogens is 171 g/mol. The van der Waals surface area contributed by atoms with Crippen molar-refractivity contribution in [2.24, 2.45) is 5.92 Å². The topological polar surface area (TPSA) is 29.1 Å². The molecule has 0 aromatic carbocycles. The van der Waals surface area contributed by atoms with E-state index in [1.165, 1.54) is 0 Å². The third kappa shape index (κ3) is 4.20. The standard InChI is InChI=1S/C7H12F3NO/c1-3-5(2)4-11-6(12)7(8,9)10/h5H,3-4H2,1-2H3,(H,11,12)/t5-/m0/s1. The van der Waals surface area contributed by atoms with Gasteiger partial charge in [-0.3, -0.25) is 4.79 Å². The Labute approximate surface area is 69.1 Å². The number of alkyl halides is 3. The van der Waals surface area contributed by atoms with Crippen molar-refractivity contribution in [3.05, 3.63) is 0 Å². The first-order chi connectivity index (χ1) is 5.38. The minimum atomic E-state index is -4.76. The Hall–Kier alpha value is -0.740. The van der Waals surface area contributed by atoms with Gasteiger partial charge in [0, 0.05) is 6.54 Å². The first kappa shape index (κ1) is 11.3. The third-order valence-corrected chi connectivity index (χ3v) is 1.57. The summed E-state index contributed by atoms with van der Waals surface area (Å²) in [4.78, 5) is 10.2. The van der Waals surface area contributed by atoms with Crippen LogP contribution < -0.4 is 5.32 Å². The molecule has 2 nitrogen and oxygen atoms in total.